The van der Waals surface area contributed by atoms with Gasteiger partial charge in [-0.3, -0.25) is 4.79 Å². The molecule has 1 fully saturated rings. The summed E-state index contributed by atoms with van der Waals surface area (Å²) in [5.41, 5.74) is 1.85. The molecule has 182 valence electrons. The topological polar surface area (TPSA) is 67.2 Å². The van der Waals surface area contributed by atoms with Crippen molar-refractivity contribution in [3.8, 4) is 5.69 Å². The molecule has 0 N–H and O–H groups in total. The number of benzene rings is 1. The normalized spacial score (nSPS) is 15.1. The lowest BCUT2D eigenvalue weighted by molar-refractivity contribution is -0.131. The predicted molar refractivity (Wildman–Crippen MR) is 138 cm³/mol. The fourth-order valence-electron chi connectivity index (χ4n) is 4.72. The van der Waals surface area contributed by atoms with Crippen LogP contribution in [0.4, 0.5) is 5.82 Å². The van der Waals surface area contributed by atoms with Crippen LogP contribution in [0.2, 0.25) is 0 Å². The highest BCUT2D eigenvalue weighted by Crippen LogP contribution is 2.29. The minimum absolute atomic E-state index is 0.276. The van der Waals surface area contributed by atoms with Crippen LogP contribution in [0, 0.1) is 0 Å². The van der Waals surface area contributed by atoms with Crippen LogP contribution in [0.1, 0.15) is 77.5 Å². The second kappa shape index (κ2) is 11.4. The molecule has 3 aromatic rings. The molecule has 0 bridgehead atoms. The molecule has 1 atom stereocenters. The van der Waals surface area contributed by atoms with Gasteiger partial charge >= 0.3 is 0 Å². The first-order chi connectivity index (χ1) is 16.6. The van der Waals surface area contributed by atoms with Crippen LogP contribution in [0.5, 0.6) is 0 Å². The quantitative estimate of drug-likeness (QED) is 0.381. The van der Waals surface area contributed by atoms with Gasteiger partial charge in [-0.15, -0.1) is 0 Å². The minimum Gasteiger partial charge on any atom is -0.352 e. The van der Waals surface area contributed by atoms with Crippen molar-refractivity contribution in [2.75, 3.05) is 31.1 Å². The summed E-state index contributed by atoms with van der Waals surface area (Å²) in [7, 11) is 0. The van der Waals surface area contributed by atoms with Crippen LogP contribution in [-0.4, -0.2) is 56.7 Å². The van der Waals surface area contributed by atoms with Gasteiger partial charge in [0.1, 0.15) is 11.6 Å². The van der Waals surface area contributed by atoms with Crippen molar-refractivity contribution in [1.29, 1.82) is 0 Å². The zero-order valence-electron chi connectivity index (χ0n) is 20.9. The van der Waals surface area contributed by atoms with Crippen LogP contribution in [0.25, 0.3) is 16.7 Å². The van der Waals surface area contributed by atoms with Gasteiger partial charge < -0.3 is 9.80 Å². The average Bonchev–Trinajstić information content (AvgIpc) is 3.31. The zero-order valence-corrected chi connectivity index (χ0v) is 20.9. The largest absolute Gasteiger partial charge is 0.352 e. The first kappa shape index (κ1) is 24.2. The Morgan fingerprint density at radius 2 is 1.74 bits per heavy atom. The Balaban J connectivity index is 1.57. The van der Waals surface area contributed by atoms with Gasteiger partial charge in [-0.05, 0) is 25.0 Å². The molecule has 0 aliphatic carbocycles. The number of nitrogens with zero attached hydrogens (tertiary/aromatic N) is 6. The molecule has 0 radical (unpaired) electrons. The zero-order chi connectivity index (χ0) is 23.9. The first-order valence-electron chi connectivity index (χ1n) is 13.0. The molecule has 1 aromatic carbocycles. The van der Waals surface area contributed by atoms with Gasteiger partial charge in [0.2, 0.25) is 5.91 Å². The van der Waals surface area contributed by atoms with Crippen molar-refractivity contribution in [2.24, 2.45) is 0 Å². The van der Waals surface area contributed by atoms with Crippen LogP contribution in [0.15, 0.2) is 36.5 Å². The number of hydrogen-bond acceptors (Lipinski definition) is 5. The third kappa shape index (κ3) is 5.40. The number of piperazine rings is 1. The summed E-state index contributed by atoms with van der Waals surface area (Å²) in [5, 5.41) is 5.65. The number of aromatic nitrogens is 4. The van der Waals surface area contributed by atoms with E-state index in [2.05, 4.69) is 30.8 Å². The van der Waals surface area contributed by atoms with Gasteiger partial charge in [0.25, 0.3) is 0 Å². The standard InChI is InChI=1S/C27H38N6O/c1-4-6-7-11-15-24(34)31-16-18-32(19-17-31)26-23-20-28-33(22-13-9-8-10-14-22)27(23)30-25(29-26)21(3)12-5-2/h8-10,13-14,20-21H,4-7,11-12,15-19H2,1-3H3/t21-/m0/s1. The van der Waals surface area contributed by atoms with Crippen LogP contribution in [0.3, 0.4) is 0 Å². The number of hydrogen-bond donors (Lipinski definition) is 0. The Hall–Kier alpha value is -2.96. The maximum Gasteiger partial charge on any atom is 0.222 e. The van der Waals surface area contributed by atoms with Gasteiger partial charge in [0.15, 0.2) is 5.65 Å². The third-order valence-corrected chi connectivity index (χ3v) is 6.76. The monoisotopic (exact) mass is 462 g/mol. The summed E-state index contributed by atoms with van der Waals surface area (Å²) in [4.78, 5) is 27.0. The average molecular weight is 463 g/mol. The number of carbonyl (C=O) groups is 1. The van der Waals surface area contributed by atoms with Gasteiger partial charge in [-0.25, -0.2) is 14.6 Å². The summed E-state index contributed by atoms with van der Waals surface area (Å²) >= 11 is 0. The lowest BCUT2D eigenvalue weighted by Crippen LogP contribution is -2.49. The molecule has 34 heavy (non-hydrogen) atoms. The minimum atomic E-state index is 0.276. The van der Waals surface area contributed by atoms with E-state index in [1.54, 1.807) is 0 Å². The molecule has 0 unspecified atom stereocenters. The fourth-order valence-corrected chi connectivity index (χ4v) is 4.72. The molecule has 0 spiro atoms. The number of para-hydroxylation sites is 1. The van der Waals surface area contributed by atoms with E-state index >= 15 is 0 Å². The Labute approximate surface area is 203 Å². The Bertz CT molecular complexity index is 1070. The number of anilines is 1. The van der Waals surface area contributed by atoms with E-state index in [1.165, 1.54) is 12.8 Å². The van der Waals surface area contributed by atoms with Crippen LogP contribution < -0.4 is 4.90 Å². The summed E-state index contributed by atoms with van der Waals surface area (Å²) < 4.78 is 1.92. The summed E-state index contributed by atoms with van der Waals surface area (Å²) in [5.74, 6) is 2.38. The SMILES string of the molecule is CCCCCCC(=O)N1CCN(c2nc([C@@H](C)CCC)nc3c2cnn3-c2ccccc2)CC1. The number of amides is 1. The molecule has 3 heterocycles. The third-order valence-electron chi connectivity index (χ3n) is 6.76. The summed E-state index contributed by atoms with van der Waals surface area (Å²) in [6, 6.07) is 10.1. The van der Waals surface area contributed by atoms with Crippen molar-refractivity contribution in [3.63, 3.8) is 0 Å². The van der Waals surface area contributed by atoms with E-state index in [0.29, 0.717) is 6.42 Å². The second-order valence-corrected chi connectivity index (χ2v) is 9.40. The fraction of sp³-hybridized carbons (Fsp3) is 0.556. The molecular weight excluding hydrogens is 424 g/mol. The molecule has 1 aliphatic heterocycles. The number of rotatable bonds is 10. The maximum atomic E-state index is 12.7. The lowest BCUT2D eigenvalue weighted by Gasteiger charge is -2.36. The Morgan fingerprint density at radius 3 is 2.44 bits per heavy atom. The first-order valence-corrected chi connectivity index (χ1v) is 13.0. The van der Waals surface area contributed by atoms with Gasteiger partial charge in [-0.1, -0.05) is 64.7 Å². The van der Waals surface area contributed by atoms with Crippen molar-refractivity contribution in [2.45, 2.75) is 71.6 Å². The molecule has 7 heteroatoms. The molecular formula is C27H38N6O. The van der Waals surface area contributed by atoms with E-state index in [0.717, 1.165) is 80.2 Å². The summed E-state index contributed by atoms with van der Waals surface area (Å²) in [6.45, 7) is 9.64. The predicted octanol–water partition coefficient (Wildman–Crippen LogP) is 5.34. The number of carbonyl (C=O) groups excluding carboxylic acids is 1. The van der Waals surface area contributed by atoms with E-state index in [1.807, 2.05) is 46.1 Å². The van der Waals surface area contributed by atoms with Crippen LogP contribution in [-0.2, 0) is 4.79 Å². The molecule has 0 saturated carbocycles. The van der Waals surface area contributed by atoms with Gasteiger partial charge in [0.05, 0.1) is 17.3 Å². The van der Waals surface area contributed by atoms with Crippen molar-refractivity contribution in [1.82, 2.24) is 24.6 Å². The molecule has 2 aromatic heterocycles. The highest BCUT2D eigenvalue weighted by molar-refractivity contribution is 5.88. The highest BCUT2D eigenvalue weighted by Gasteiger charge is 2.25. The van der Waals surface area contributed by atoms with Gasteiger partial charge in [0, 0.05) is 38.5 Å². The Kier molecular flexibility index (Phi) is 8.14. The highest BCUT2D eigenvalue weighted by atomic mass is 16.2. The molecule has 1 aliphatic rings. The van der Waals surface area contributed by atoms with E-state index < -0.39 is 0 Å². The van der Waals surface area contributed by atoms with Gasteiger partial charge in [-0.2, -0.15) is 5.10 Å². The molecule has 7 nitrogen and oxygen atoms in total. The Morgan fingerprint density at radius 1 is 0.971 bits per heavy atom. The van der Waals surface area contributed by atoms with Crippen molar-refractivity contribution >= 4 is 22.8 Å². The molecule has 1 amide bonds. The van der Waals surface area contributed by atoms with E-state index in [-0.39, 0.29) is 11.8 Å². The summed E-state index contributed by atoms with van der Waals surface area (Å²) in [6.07, 6.45) is 9.24. The van der Waals surface area contributed by atoms with Crippen molar-refractivity contribution in [3.05, 3.63) is 42.4 Å². The van der Waals surface area contributed by atoms with E-state index in [4.69, 9.17) is 9.97 Å². The lowest BCUT2D eigenvalue weighted by atomic mass is 10.1. The number of unbranched alkanes of at least 4 members (excludes halogenated alkanes) is 3. The molecule has 1 saturated heterocycles. The second-order valence-electron chi connectivity index (χ2n) is 9.40. The molecule has 4 rings (SSSR count). The smallest absolute Gasteiger partial charge is 0.222 e. The van der Waals surface area contributed by atoms with E-state index in [9.17, 15) is 4.79 Å². The maximum absolute atomic E-state index is 12.7. The van der Waals surface area contributed by atoms with Crippen LogP contribution >= 0.6 is 0 Å². The van der Waals surface area contributed by atoms with Crippen molar-refractivity contribution < 1.29 is 4.79 Å². The number of fused-ring (bicyclic) bond motifs is 1.